The number of aliphatic imine (C=N–C) groups is 1. The molecule has 2 aromatic rings. The third-order valence-corrected chi connectivity index (χ3v) is 4.16. The summed E-state index contributed by atoms with van der Waals surface area (Å²) in [5.41, 5.74) is 2.26. The van der Waals surface area contributed by atoms with Crippen molar-refractivity contribution in [3.05, 3.63) is 64.7 Å². The van der Waals surface area contributed by atoms with E-state index in [0.29, 0.717) is 5.75 Å². The highest BCUT2D eigenvalue weighted by atomic mass is 127. The maximum Gasteiger partial charge on any atom is 0.191 e. The molecule has 0 spiro atoms. The van der Waals surface area contributed by atoms with Crippen LogP contribution < -0.4 is 10.6 Å². The molecule has 136 valence electrons. The van der Waals surface area contributed by atoms with Crippen LogP contribution in [0.2, 0.25) is 5.02 Å². The molecule has 0 saturated heterocycles. The van der Waals surface area contributed by atoms with Gasteiger partial charge in [-0.15, -0.1) is 24.0 Å². The van der Waals surface area contributed by atoms with Crippen molar-refractivity contribution in [2.45, 2.75) is 25.8 Å². The Kier molecular flexibility index (Phi) is 9.67. The summed E-state index contributed by atoms with van der Waals surface area (Å²) in [6.07, 6.45) is 1.93. The molecule has 0 aliphatic carbocycles. The fourth-order valence-corrected chi connectivity index (χ4v) is 2.77. The summed E-state index contributed by atoms with van der Waals surface area (Å²) < 4.78 is 0. The lowest BCUT2D eigenvalue weighted by Crippen LogP contribution is -2.39. The van der Waals surface area contributed by atoms with Crippen LogP contribution in [0.25, 0.3) is 0 Å². The van der Waals surface area contributed by atoms with Crippen LogP contribution in [0.15, 0.2) is 53.5 Å². The molecule has 4 nitrogen and oxygen atoms in total. The summed E-state index contributed by atoms with van der Waals surface area (Å²) in [5, 5.41) is 16.7. The topological polar surface area (TPSA) is 56.7 Å². The van der Waals surface area contributed by atoms with Crippen molar-refractivity contribution in [3.8, 4) is 5.75 Å². The van der Waals surface area contributed by atoms with Crippen molar-refractivity contribution in [3.63, 3.8) is 0 Å². The second-order valence-corrected chi connectivity index (χ2v) is 6.06. The molecular weight excluding hydrogens is 449 g/mol. The van der Waals surface area contributed by atoms with Crippen LogP contribution in [-0.2, 0) is 6.42 Å². The molecule has 0 aliphatic rings. The minimum atomic E-state index is 0. The van der Waals surface area contributed by atoms with Crippen LogP contribution in [0.5, 0.6) is 5.75 Å². The molecule has 6 heteroatoms. The highest BCUT2D eigenvalue weighted by Crippen LogP contribution is 2.21. The predicted molar refractivity (Wildman–Crippen MR) is 116 cm³/mol. The maximum atomic E-state index is 9.28. The molecule has 2 aromatic carbocycles. The van der Waals surface area contributed by atoms with Gasteiger partial charge in [-0.1, -0.05) is 41.9 Å². The minimum absolute atomic E-state index is 0. The van der Waals surface area contributed by atoms with Crippen molar-refractivity contribution >= 4 is 41.5 Å². The Balaban J connectivity index is 0.00000312. The molecule has 0 fully saturated rings. The summed E-state index contributed by atoms with van der Waals surface area (Å²) in [5.74, 6) is 1.06. The number of phenolic OH excluding ortho intramolecular Hbond substituents is 1. The molecule has 0 bridgehead atoms. The van der Waals surface area contributed by atoms with Crippen molar-refractivity contribution in [2.75, 3.05) is 13.6 Å². The first-order valence-corrected chi connectivity index (χ1v) is 8.47. The molecule has 1 unspecified atom stereocenters. The standard InChI is InChI=1S/C19H24ClN3O.HI/c1-14(17-7-3-4-8-18(17)20)23-19(21-2)22-13-5-6-15-9-11-16(24)12-10-15;/h3-4,7-12,14,24H,5-6,13H2,1-2H3,(H2,21,22,23);1H. The van der Waals surface area contributed by atoms with E-state index in [1.54, 1.807) is 19.2 Å². The van der Waals surface area contributed by atoms with E-state index in [-0.39, 0.29) is 30.0 Å². The zero-order valence-electron chi connectivity index (χ0n) is 14.5. The molecule has 0 aromatic heterocycles. The Morgan fingerprint density at radius 1 is 1.16 bits per heavy atom. The van der Waals surface area contributed by atoms with Crippen LogP contribution in [0.1, 0.15) is 30.5 Å². The van der Waals surface area contributed by atoms with E-state index >= 15 is 0 Å². The van der Waals surface area contributed by atoms with Gasteiger partial charge in [0.1, 0.15) is 5.75 Å². The predicted octanol–water partition coefficient (Wildman–Crippen LogP) is 4.52. The number of nitrogens with one attached hydrogen (secondary N) is 2. The quantitative estimate of drug-likeness (QED) is 0.250. The van der Waals surface area contributed by atoms with E-state index in [9.17, 15) is 5.11 Å². The zero-order valence-corrected chi connectivity index (χ0v) is 17.6. The minimum Gasteiger partial charge on any atom is -0.508 e. The first-order valence-electron chi connectivity index (χ1n) is 8.09. The van der Waals surface area contributed by atoms with E-state index in [2.05, 4.69) is 22.5 Å². The van der Waals surface area contributed by atoms with Gasteiger partial charge < -0.3 is 15.7 Å². The molecule has 1 atom stereocenters. The summed E-state index contributed by atoms with van der Waals surface area (Å²) >= 11 is 6.23. The number of rotatable bonds is 6. The number of halogens is 2. The molecule has 3 N–H and O–H groups in total. The Hall–Kier alpha value is -1.47. The third kappa shape index (κ3) is 7.12. The van der Waals surface area contributed by atoms with Crippen LogP contribution in [0, 0.1) is 0 Å². The fourth-order valence-electron chi connectivity index (χ4n) is 2.47. The van der Waals surface area contributed by atoms with E-state index in [1.165, 1.54) is 5.56 Å². The number of aromatic hydroxyl groups is 1. The van der Waals surface area contributed by atoms with Crippen molar-refractivity contribution < 1.29 is 5.11 Å². The monoisotopic (exact) mass is 473 g/mol. The van der Waals surface area contributed by atoms with Gasteiger partial charge in [0.05, 0.1) is 6.04 Å². The van der Waals surface area contributed by atoms with Crippen molar-refractivity contribution in [1.29, 1.82) is 0 Å². The van der Waals surface area contributed by atoms with Gasteiger partial charge in [-0.2, -0.15) is 0 Å². The molecule has 25 heavy (non-hydrogen) atoms. The molecule has 0 heterocycles. The summed E-state index contributed by atoms with van der Waals surface area (Å²) in [6, 6.07) is 15.2. The average molecular weight is 474 g/mol. The van der Waals surface area contributed by atoms with Gasteiger partial charge in [0.15, 0.2) is 5.96 Å². The van der Waals surface area contributed by atoms with Crippen LogP contribution >= 0.6 is 35.6 Å². The largest absolute Gasteiger partial charge is 0.508 e. The van der Waals surface area contributed by atoms with E-state index in [4.69, 9.17) is 11.6 Å². The van der Waals surface area contributed by atoms with E-state index < -0.39 is 0 Å². The van der Waals surface area contributed by atoms with Gasteiger partial charge in [-0.25, -0.2) is 0 Å². The smallest absolute Gasteiger partial charge is 0.191 e. The number of benzene rings is 2. The Bertz CT molecular complexity index is 677. The normalized spacial score (nSPS) is 12.2. The fraction of sp³-hybridized carbons (Fsp3) is 0.316. The highest BCUT2D eigenvalue weighted by Gasteiger charge is 2.10. The summed E-state index contributed by atoms with van der Waals surface area (Å²) in [6.45, 7) is 2.88. The number of nitrogens with zero attached hydrogens (tertiary/aromatic N) is 1. The molecule has 0 saturated carbocycles. The van der Waals surface area contributed by atoms with Gasteiger partial charge in [-0.3, -0.25) is 4.99 Å². The van der Waals surface area contributed by atoms with Crippen molar-refractivity contribution in [2.24, 2.45) is 4.99 Å². The van der Waals surface area contributed by atoms with Gasteiger partial charge in [0.25, 0.3) is 0 Å². The number of guanidine groups is 1. The third-order valence-electron chi connectivity index (χ3n) is 3.82. The number of aryl methyl sites for hydroxylation is 1. The van der Waals surface area contributed by atoms with Gasteiger partial charge in [0.2, 0.25) is 0 Å². The van der Waals surface area contributed by atoms with Crippen molar-refractivity contribution in [1.82, 2.24) is 10.6 Å². The van der Waals surface area contributed by atoms with Gasteiger partial charge in [-0.05, 0) is 49.1 Å². The maximum absolute atomic E-state index is 9.28. The zero-order chi connectivity index (χ0) is 17.4. The SMILES string of the molecule is CN=C(NCCCc1ccc(O)cc1)NC(C)c1ccccc1Cl.I. The Labute approximate surface area is 171 Å². The Morgan fingerprint density at radius 3 is 2.48 bits per heavy atom. The molecule has 0 amide bonds. The number of phenols is 1. The summed E-state index contributed by atoms with van der Waals surface area (Å²) in [7, 11) is 1.76. The lowest BCUT2D eigenvalue weighted by atomic mass is 10.1. The lowest BCUT2D eigenvalue weighted by molar-refractivity contribution is 0.475. The van der Waals surface area contributed by atoms with E-state index in [0.717, 1.165) is 35.9 Å². The first-order chi connectivity index (χ1) is 11.6. The summed E-state index contributed by atoms with van der Waals surface area (Å²) in [4.78, 5) is 4.26. The number of hydrogen-bond donors (Lipinski definition) is 3. The van der Waals surface area contributed by atoms with E-state index in [1.807, 2.05) is 36.4 Å². The second kappa shape index (κ2) is 11.2. The average Bonchev–Trinajstić information content (AvgIpc) is 2.59. The molecular formula is C19H25ClIN3O. The Morgan fingerprint density at radius 2 is 1.84 bits per heavy atom. The van der Waals surface area contributed by atoms with Gasteiger partial charge in [0, 0.05) is 18.6 Å². The molecule has 2 rings (SSSR count). The molecule has 0 aliphatic heterocycles. The molecule has 0 radical (unpaired) electrons. The van der Waals surface area contributed by atoms with Gasteiger partial charge >= 0.3 is 0 Å². The first kappa shape index (κ1) is 21.6. The van der Waals surface area contributed by atoms with Crippen LogP contribution in [0.3, 0.4) is 0 Å². The lowest BCUT2D eigenvalue weighted by Gasteiger charge is -2.19. The highest BCUT2D eigenvalue weighted by molar-refractivity contribution is 14.0. The van der Waals surface area contributed by atoms with Crippen LogP contribution in [-0.4, -0.2) is 24.7 Å². The second-order valence-electron chi connectivity index (χ2n) is 5.66. The number of hydrogen-bond acceptors (Lipinski definition) is 2. The van der Waals surface area contributed by atoms with Crippen LogP contribution in [0.4, 0.5) is 0 Å².